The molecular formula is C15H22N2O3. The average molecular weight is 278 g/mol. The summed E-state index contributed by atoms with van der Waals surface area (Å²) >= 11 is 0. The summed E-state index contributed by atoms with van der Waals surface area (Å²) in [5.74, 6) is -0.0523. The number of hydrogen-bond acceptors (Lipinski definition) is 3. The Labute approximate surface area is 119 Å². The normalized spacial score (nSPS) is 19.2. The number of nitrogens with zero attached hydrogens (tertiary/aromatic N) is 1. The van der Waals surface area contributed by atoms with Crippen molar-refractivity contribution in [2.24, 2.45) is 0 Å². The van der Waals surface area contributed by atoms with Gasteiger partial charge in [0.2, 0.25) is 0 Å². The molecule has 1 aromatic rings. The van der Waals surface area contributed by atoms with Gasteiger partial charge in [0, 0.05) is 24.3 Å². The fraction of sp³-hybridized carbons (Fsp3) is 0.600. The van der Waals surface area contributed by atoms with Crippen molar-refractivity contribution in [2.75, 3.05) is 19.7 Å². The number of H-pyrrole nitrogens is 1. The van der Waals surface area contributed by atoms with Crippen molar-refractivity contribution in [2.45, 2.75) is 40.2 Å². The van der Waals surface area contributed by atoms with Crippen molar-refractivity contribution < 1.29 is 14.3 Å². The first kappa shape index (κ1) is 14.8. The van der Waals surface area contributed by atoms with Crippen LogP contribution in [0.25, 0.3) is 0 Å². The van der Waals surface area contributed by atoms with Crippen molar-refractivity contribution >= 4 is 11.7 Å². The van der Waals surface area contributed by atoms with E-state index in [1.54, 1.807) is 4.90 Å². The zero-order chi connectivity index (χ0) is 14.9. The van der Waals surface area contributed by atoms with Crippen molar-refractivity contribution in [1.29, 1.82) is 0 Å². The zero-order valence-corrected chi connectivity index (χ0v) is 12.6. The molecule has 20 heavy (non-hydrogen) atoms. The number of aryl methyl sites for hydroxylation is 1. The molecule has 2 rings (SSSR count). The second kappa shape index (κ2) is 5.79. The minimum Gasteiger partial charge on any atom is -0.375 e. The van der Waals surface area contributed by atoms with Crippen LogP contribution in [0.3, 0.4) is 0 Å². The van der Waals surface area contributed by atoms with Crippen molar-refractivity contribution in [3.63, 3.8) is 0 Å². The fourth-order valence-electron chi connectivity index (χ4n) is 2.80. The molecule has 110 valence electrons. The van der Waals surface area contributed by atoms with Gasteiger partial charge in [-0.25, -0.2) is 0 Å². The number of carbonyl (C=O) groups excluding carboxylic acids is 2. The maximum atomic E-state index is 12.6. The number of morpholine rings is 1. The lowest BCUT2D eigenvalue weighted by Gasteiger charge is -2.32. The topological polar surface area (TPSA) is 62.4 Å². The van der Waals surface area contributed by atoms with Crippen molar-refractivity contribution in [1.82, 2.24) is 9.88 Å². The van der Waals surface area contributed by atoms with Crippen LogP contribution >= 0.6 is 0 Å². The van der Waals surface area contributed by atoms with Crippen molar-refractivity contribution in [3.05, 3.63) is 22.5 Å². The van der Waals surface area contributed by atoms with E-state index in [1.807, 2.05) is 13.8 Å². The number of ether oxygens (including phenoxy) is 1. The first-order valence-corrected chi connectivity index (χ1v) is 7.06. The molecule has 1 atom stereocenters. The molecule has 1 amide bonds. The second-order valence-electron chi connectivity index (χ2n) is 5.33. The number of ketones is 1. The van der Waals surface area contributed by atoms with E-state index in [-0.39, 0.29) is 17.8 Å². The Balaban J connectivity index is 2.25. The van der Waals surface area contributed by atoms with Gasteiger partial charge in [0.05, 0.1) is 12.7 Å². The number of rotatable bonds is 3. The molecule has 2 heterocycles. The van der Waals surface area contributed by atoms with E-state index >= 15 is 0 Å². The quantitative estimate of drug-likeness (QED) is 0.861. The second-order valence-corrected chi connectivity index (χ2v) is 5.33. The summed E-state index contributed by atoms with van der Waals surface area (Å²) in [5, 5.41) is 0. The Morgan fingerprint density at radius 2 is 2.10 bits per heavy atom. The number of aromatic amines is 1. The SMILES string of the molecule is CCC1CN(C(=O)c2[nH]c(C)c(C(C)=O)c2C)CCO1. The summed E-state index contributed by atoms with van der Waals surface area (Å²) in [6, 6.07) is 0. The number of aromatic nitrogens is 1. The summed E-state index contributed by atoms with van der Waals surface area (Å²) < 4.78 is 5.58. The van der Waals surface area contributed by atoms with Crippen LogP contribution in [0.2, 0.25) is 0 Å². The maximum absolute atomic E-state index is 12.6. The highest BCUT2D eigenvalue weighted by Gasteiger charge is 2.27. The minimum atomic E-state index is -0.0418. The first-order valence-electron chi connectivity index (χ1n) is 7.06. The monoisotopic (exact) mass is 278 g/mol. The predicted octanol–water partition coefficient (Wildman–Crippen LogP) is 2.09. The Kier molecular flexibility index (Phi) is 4.28. The molecule has 1 fully saturated rings. The largest absolute Gasteiger partial charge is 0.375 e. The molecule has 0 bridgehead atoms. The Morgan fingerprint density at radius 1 is 1.40 bits per heavy atom. The van der Waals surface area contributed by atoms with E-state index in [1.165, 1.54) is 6.92 Å². The summed E-state index contributed by atoms with van der Waals surface area (Å²) in [5.41, 5.74) is 2.68. The van der Waals surface area contributed by atoms with Gasteiger partial charge >= 0.3 is 0 Å². The Morgan fingerprint density at radius 3 is 2.65 bits per heavy atom. The van der Waals surface area contributed by atoms with Gasteiger partial charge < -0.3 is 14.6 Å². The molecule has 1 aromatic heterocycles. The van der Waals surface area contributed by atoms with Gasteiger partial charge in [0.15, 0.2) is 5.78 Å². The number of Topliss-reactive ketones (excluding diaryl/α,β-unsaturated/α-hetero) is 1. The zero-order valence-electron chi connectivity index (χ0n) is 12.6. The standard InChI is InChI=1S/C15H22N2O3/c1-5-12-8-17(6-7-20-12)15(19)14-9(2)13(11(4)18)10(3)16-14/h12,16H,5-8H2,1-4H3. The molecule has 5 nitrogen and oxygen atoms in total. The van der Waals surface area contributed by atoms with Gasteiger partial charge in [-0.1, -0.05) is 6.92 Å². The molecular weight excluding hydrogens is 256 g/mol. The van der Waals surface area contributed by atoms with Crippen LogP contribution in [0.15, 0.2) is 0 Å². The number of amides is 1. The van der Waals surface area contributed by atoms with Crippen molar-refractivity contribution in [3.8, 4) is 0 Å². The third-order valence-electron chi connectivity index (χ3n) is 3.88. The van der Waals surface area contributed by atoms with Gasteiger partial charge in [0.1, 0.15) is 5.69 Å². The van der Waals surface area contributed by atoms with Crippen LogP contribution < -0.4 is 0 Å². The van der Waals surface area contributed by atoms with Gasteiger partial charge in [0.25, 0.3) is 5.91 Å². The maximum Gasteiger partial charge on any atom is 0.270 e. The molecule has 0 saturated carbocycles. The lowest BCUT2D eigenvalue weighted by molar-refractivity contribution is -0.0228. The Bertz CT molecular complexity index is 533. The number of carbonyl (C=O) groups is 2. The van der Waals surface area contributed by atoms with E-state index in [0.29, 0.717) is 31.0 Å². The third kappa shape index (κ3) is 2.63. The summed E-state index contributed by atoms with van der Waals surface area (Å²) in [6.07, 6.45) is 1.00. The lowest BCUT2D eigenvalue weighted by Crippen LogP contribution is -2.45. The van der Waals surface area contributed by atoms with Gasteiger partial charge in [-0.3, -0.25) is 9.59 Å². The average Bonchev–Trinajstić information content (AvgIpc) is 2.73. The van der Waals surface area contributed by atoms with Gasteiger partial charge in [-0.15, -0.1) is 0 Å². The highest BCUT2D eigenvalue weighted by Crippen LogP contribution is 2.21. The number of hydrogen-bond donors (Lipinski definition) is 1. The van der Waals surface area contributed by atoms with Gasteiger partial charge in [-0.05, 0) is 32.8 Å². The van der Waals surface area contributed by atoms with Crippen LogP contribution in [0.5, 0.6) is 0 Å². The van der Waals surface area contributed by atoms with E-state index in [2.05, 4.69) is 11.9 Å². The van der Waals surface area contributed by atoms with E-state index in [9.17, 15) is 9.59 Å². The molecule has 1 saturated heterocycles. The van der Waals surface area contributed by atoms with E-state index in [0.717, 1.165) is 17.7 Å². The van der Waals surface area contributed by atoms with Crippen LogP contribution in [-0.2, 0) is 4.74 Å². The fourth-order valence-corrected chi connectivity index (χ4v) is 2.80. The van der Waals surface area contributed by atoms with Crippen LogP contribution in [0.4, 0.5) is 0 Å². The molecule has 1 unspecified atom stereocenters. The number of nitrogens with one attached hydrogen (secondary N) is 1. The molecule has 1 N–H and O–H groups in total. The molecule has 1 aliphatic rings. The lowest BCUT2D eigenvalue weighted by atomic mass is 10.1. The van der Waals surface area contributed by atoms with Gasteiger partial charge in [-0.2, -0.15) is 0 Å². The van der Waals surface area contributed by atoms with E-state index < -0.39 is 0 Å². The summed E-state index contributed by atoms with van der Waals surface area (Å²) in [6.45, 7) is 9.02. The van der Waals surface area contributed by atoms with Crippen LogP contribution in [-0.4, -0.2) is 47.4 Å². The summed E-state index contributed by atoms with van der Waals surface area (Å²) in [7, 11) is 0. The molecule has 1 aliphatic heterocycles. The van der Waals surface area contributed by atoms with Crippen LogP contribution in [0, 0.1) is 13.8 Å². The first-order chi connectivity index (χ1) is 9.45. The van der Waals surface area contributed by atoms with Crippen LogP contribution in [0.1, 0.15) is 52.4 Å². The third-order valence-corrected chi connectivity index (χ3v) is 3.88. The molecule has 0 spiro atoms. The molecule has 0 aromatic carbocycles. The Hall–Kier alpha value is -1.62. The molecule has 0 aliphatic carbocycles. The minimum absolute atomic E-state index is 0.0105. The summed E-state index contributed by atoms with van der Waals surface area (Å²) in [4.78, 5) is 29.1. The predicted molar refractivity (Wildman–Crippen MR) is 76.2 cm³/mol. The highest BCUT2D eigenvalue weighted by atomic mass is 16.5. The smallest absolute Gasteiger partial charge is 0.270 e. The van der Waals surface area contributed by atoms with E-state index in [4.69, 9.17) is 4.74 Å². The highest BCUT2D eigenvalue weighted by molar-refractivity contribution is 6.02. The molecule has 0 radical (unpaired) electrons. The molecule has 5 heteroatoms.